The predicted molar refractivity (Wildman–Crippen MR) is 65.1 cm³/mol. The van der Waals surface area contributed by atoms with Crippen LogP contribution in [0.15, 0.2) is 23.6 Å². The zero-order valence-corrected chi connectivity index (χ0v) is 10.0. The average Bonchev–Trinajstić information content (AvgIpc) is 2.82. The molecular weight excluding hydrogens is 222 g/mol. The summed E-state index contributed by atoms with van der Waals surface area (Å²) in [5, 5.41) is 11.8. The number of phenols is 1. The maximum absolute atomic E-state index is 9.90. The molecule has 2 rings (SSSR count). The van der Waals surface area contributed by atoms with Crippen molar-refractivity contribution in [2.75, 3.05) is 7.11 Å². The fourth-order valence-electron chi connectivity index (χ4n) is 1.64. The summed E-state index contributed by atoms with van der Waals surface area (Å²) in [6.45, 7) is 2.06. The summed E-state index contributed by atoms with van der Waals surface area (Å²) in [4.78, 5) is 0. The van der Waals surface area contributed by atoms with Gasteiger partial charge in [0.1, 0.15) is 11.5 Å². The zero-order chi connectivity index (χ0) is 11.5. The highest BCUT2D eigenvalue weighted by atomic mass is 32.1. The molecule has 0 fully saturated rings. The van der Waals surface area contributed by atoms with Crippen LogP contribution in [-0.4, -0.2) is 16.6 Å². The molecule has 0 saturated heterocycles. The van der Waals surface area contributed by atoms with E-state index in [1.807, 2.05) is 17.5 Å². The molecule has 0 bridgehead atoms. The molecule has 2 aromatic rings. The lowest BCUT2D eigenvalue weighted by molar-refractivity contribution is 0.403. The second-order valence-corrected chi connectivity index (χ2v) is 4.09. The van der Waals surface area contributed by atoms with Crippen LogP contribution < -0.4 is 4.74 Å². The Morgan fingerprint density at radius 1 is 1.44 bits per heavy atom. The molecule has 1 aromatic carbocycles. The zero-order valence-electron chi connectivity index (χ0n) is 9.23. The van der Waals surface area contributed by atoms with Crippen molar-refractivity contribution in [3.63, 3.8) is 0 Å². The van der Waals surface area contributed by atoms with Gasteiger partial charge in [-0.3, -0.25) is 0 Å². The Labute approximate surface area is 98.5 Å². The van der Waals surface area contributed by atoms with E-state index in [-0.39, 0.29) is 5.75 Å². The van der Waals surface area contributed by atoms with E-state index in [2.05, 4.69) is 11.3 Å². The molecule has 0 atom stereocenters. The number of benzene rings is 1. The first-order chi connectivity index (χ1) is 7.76. The van der Waals surface area contributed by atoms with Gasteiger partial charge in [0, 0.05) is 17.0 Å². The summed E-state index contributed by atoms with van der Waals surface area (Å²) >= 11 is 1.37. The Morgan fingerprint density at radius 2 is 2.25 bits per heavy atom. The summed E-state index contributed by atoms with van der Waals surface area (Å²) in [6.07, 6.45) is 0.862. The van der Waals surface area contributed by atoms with E-state index in [9.17, 15) is 5.11 Å². The van der Waals surface area contributed by atoms with Crippen LogP contribution in [0.1, 0.15) is 12.5 Å². The van der Waals surface area contributed by atoms with Crippen molar-refractivity contribution in [3.8, 4) is 22.8 Å². The third-order valence-electron chi connectivity index (χ3n) is 2.49. The van der Waals surface area contributed by atoms with Gasteiger partial charge in [0.15, 0.2) is 0 Å². The van der Waals surface area contributed by atoms with Crippen LogP contribution in [0.3, 0.4) is 0 Å². The monoisotopic (exact) mass is 235 g/mol. The molecule has 3 nitrogen and oxygen atoms in total. The number of phenolic OH excluding ortho intramolecular Hbond substituents is 1. The van der Waals surface area contributed by atoms with Crippen molar-refractivity contribution in [2.45, 2.75) is 13.3 Å². The molecule has 4 heteroatoms. The Morgan fingerprint density at radius 3 is 2.81 bits per heavy atom. The second kappa shape index (κ2) is 4.53. The number of nitrogens with zero attached hydrogens (tertiary/aromatic N) is 1. The highest BCUT2D eigenvalue weighted by molar-refractivity contribution is 7.03. The largest absolute Gasteiger partial charge is 0.507 e. The molecule has 0 aliphatic carbocycles. The SMILES string of the molecule is CCc1cc(-c2ccsn2)c(O)cc1OC. The van der Waals surface area contributed by atoms with Gasteiger partial charge in [0.2, 0.25) is 0 Å². The summed E-state index contributed by atoms with van der Waals surface area (Å²) in [7, 11) is 1.61. The lowest BCUT2D eigenvalue weighted by Crippen LogP contribution is -1.92. The van der Waals surface area contributed by atoms with Gasteiger partial charge in [-0.15, -0.1) is 0 Å². The van der Waals surface area contributed by atoms with Crippen LogP contribution in [0.4, 0.5) is 0 Å². The Bertz CT molecular complexity index is 480. The molecule has 0 aliphatic heterocycles. The molecule has 84 valence electrons. The minimum atomic E-state index is 0.208. The van der Waals surface area contributed by atoms with Crippen molar-refractivity contribution in [1.82, 2.24) is 4.37 Å². The summed E-state index contributed by atoms with van der Waals surface area (Å²) in [5.74, 6) is 0.930. The molecule has 0 radical (unpaired) electrons. The van der Waals surface area contributed by atoms with E-state index in [1.54, 1.807) is 13.2 Å². The normalized spacial score (nSPS) is 10.4. The molecule has 1 N–H and O–H groups in total. The first kappa shape index (κ1) is 11.0. The smallest absolute Gasteiger partial charge is 0.128 e. The van der Waals surface area contributed by atoms with Gasteiger partial charge in [-0.2, -0.15) is 4.37 Å². The standard InChI is InChI=1S/C12H13NO2S/c1-3-8-6-9(10-4-5-16-13-10)11(14)7-12(8)15-2/h4-7,14H,3H2,1-2H3. The lowest BCUT2D eigenvalue weighted by Gasteiger charge is -2.10. The predicted octanol–water partition coefficient (Wildman–Crippen LogP) is 3.09. The van der Waals surface area contributed by atoms with Crippen LogP contribution in [0, 0.1) is 0 Å². The average molecular weight is 235 g/mol. The fraction of sp³-hybridized carbons (Fsp3) is 0.250. The van der Waals surface area contributed by atoms with E-state index in [0.717, 1.165) is 29.0 Å². The summed E-state index contributed by atoms with van der Waals surface area (Å²) in [5.41, 5.74) is 2.64. The van der Waals surface area contributed by atoms with Gasteiger partial charge in [-0.25, -0.2) is 0 Å². The second-order valence-electron chi connectivity index (χ2n) is 3.42. The first-order valence-corrected chi connectivity index (χ1v) is 5.90. The van der Waals surface area contributed by atoms with Crippen molar-refractivity contribution in [3.05, 3.63) is 29.1 Å². The van der Waals surface area contributed by atoms with Gasteiger partial charge in [0.05, 0.1) is 12.8 Å². The first-order valence-electron chi connectivity index (χ1n) is 5.07. The van der Waals surface area contributed by atoms with Gasteiger partial charge < -0.3 is 9.84 Å². The van der Waals surface area contributed by atoms with E-state index < -0.39 is 0 Å². The Kier molecular flexibility index (Phi) is 3.10. The van der Waals surface area contributed by atoms with Crippen LogP contribution in [-0.2, 0) is 6.42 Å². The molecule has 1 aromatic heterocycles. The maximum atomic E-state index is 9.90. The van der Waals surface area contributed by atoms with Gasteiger partial charge in [-0.1, -0.05) is 6.92 Å². The minimum Gasteiger partial charge on any atom is -0.507 e. The number of aryl methyl sites for hydroxylation is 1. The highest BCUT2D eigenvalue weighted by Gasteiger charge is 2.11. The van der Waals surface area contributed by atoms with Crippen molar-refractivity contribution in [2.24, 2.45) is 0 Å². The number of ether oxygens (including phenoxy) is 1. The van der Waals surface area contributed by atoms with Gasteiger partial charge >= 0.3 is 0 Å². The van der Waals surface area contributed by atoms with Gasteiger partial charge in [-0.05, 0) is 35.6 Å². The maximum Gasteiger partial charge on any atom is 0.128 e. The van der Waals surface area contributed by atoms with Crippen molar-refractivity contribution >= 4 is 11.5 Å². The topological polar surface area (TPSA) is 42.4 Å². The molecular formula is C12H13NO2S. The number of aromatic hydroxyl groups is 1. The summed E-state index contributed by atoms with van der Waals surface area (Å²) in [6, 6.07) is 5.47. The molecule has 0 aliphatic rings. The number of rotatable bonds is 3. The lowest BCUT2D eigenvalue weighted by atomic mass is 10.0. The third kappa shape index (κ3) is 1.88. The number of hydrogen-bond acceptors (Lipinski definition) is 4. The van der Waals surface area contributed by atoms with Crippen molar-refractivity contribution < 1.29 is 9.84 Å². The molecule has 0 saturated carbocycles. The highest BCUT2D eigenvalue weighted by Crippen LogP contribution is 2.35. The third-order valence-corrected chi connectivity index (χ3v) is 3.05. The summed E-state index contributed by atoms with van der Waals surface area (Å²) < 4.78 is 9.43. The van der Waals surface area contributed by atoms with Crippen molar-refractivity contribution in [1.29, 1.82) is 0 Å². The minimum absolute atomic E-state index is 0.208. The number of methoxy groups -OCH3 is 1. The molecule has 0 spiro atoms. The van der Waals surface area contributed by atoms with Crippen LogP contribution >= 0.6 is 11.5 Å². The Balaban J connectivity index is 2.55. The molecule has 1 heterocycles. The molecule has 0 amide bonds. The van der Waals surface area contributed by atoms with E-state index >= 15 is 0 Å². The van der Waals surface area contributed by atoms with Gasteiger partial charge in [0.25, 0.3) is 0 Å². The van der Waals surface area contributed by atoms with E-state index in [4.69, 9.17) is 4.74 Å². The van der Waals surface area contributed by atoms with Crippen LogP contribution in [0.5, 0.6) is 11.5 Å². The van der Waals surface area contributed by atoms with Crippen LogP contribution in [0.25, 0.3) is 11.3 Å². The number of aromatic nitrogens is 1. The van der Waals surface area contributed by atoms with E-state index in [1.165, 1.54) is 11.5 Å². The molecule has 16 heavy (non-hydrogen) atoms. The number of hydrogen-bond donors (Lipinski definition) is 1. The quantitative estimate of drug-likeness (QED) is 0.889. The van der Waals surface area contributed by atoms with E-state index in [0.29, 0.717) is 0 Å². The molecule has 0 unspecified atom stereocenters. The fourth-order valence-corrected chi connectivity index (χ4v) is 2.16. The Hall–Kier alpha value is -1.55. The van der Waals surface area contributed by atoms with Crippen LogP contribution in [0.2, 0.25) is 0 Å².